The SMILES string of the molecule is COC(=O)C=Cc1ccc(NCc2ccc(OC)cc2)cc1.Cl. The highest BCUT2D eigenvalue weighted by Gasteiger charge is 1.97. The van der Waals surface area contributed by atoms with E-state index < -0.39 is 0 Å². The van der Waals surface area contributed by atoms with Crippen molar-refractivity contribution in [2.24, 2.45) is 0 Å². The van der Waals surface area contributed by atoms with Crippen LogP contribution in [0.5, 0.6) is 5.75 Å². The molecule has 122 valence electrons. The van der Waals surface area contributed by atoms with E-state index in [4.69, 9.17) is 4.74 Å². The molecule has 0 fully saturated rings. The van der Waals surface area contributed by atoms with Crippen molar-refractivity contribution in [1.29, 1.82) is 0 Å². The molecule has 0 amide bonds. The van der Waals surface area contributed by atoms with E-state index in [9.17, 15) is 4.79 Å². The molecule has 1 N–H and O–H groups in total. The number of ether oxygens (including phenoxy) is 2. The molecule has 0 atom stereocenters. The van der Waals surface area contributed by atoms with Crippen LogP contribution in [0.2, 0.25) is 0 Å². The Hall–Kier alpha value is -2.46. The number of hydrogen-bond donors (Lipinski definition) is 1. The summed E-state index contributed by atoms with van der Waals surface area (Å²) in [5.74, 6) is 0.493. The monoisotopic (exact) mass is 333 g/mol. The first-order valence-corrected chi connectivity index (χ1v) is 6.94. The molecule has 4 nitrogen and oxygen atoms in total. The molecule has 0 aliphatic rings. The fourth-order valence-electron chi connectivity index (χ4n) is 1.89. The average molecular weight is 334 g/mol. The van der Waals surface area contributed by atoms with Gasteiger partial charge in [0.15, 0.2) is 0 Å². The molecule has 2 rings (SSSR count). The van der Waals surface area contributed by atoms with Crippen LogP contribution < -0.4 is 10.1 Å². The molecule has 23 heavy (non-hydrogen) atoms. The largest absolute Gasteiger partial charge is 0.497 e. The van der Waals surface area contributed by atoms with Gasteiger partial charge < -0.3 is 14.8 Å². The van der Waals surface area contributed by atoms with Crippen molar-refractivity contribution in [2.45, 2.75) is 6.54 Å². The zero-order chi connectivity index (χ0) is 15.8. The minimum Gasteiger partial charge on any atom is -0.497 e. The van der Waals surface area contributed by atoms with E-state index in [1.54, 1.807) is 13.2 Å². The first-order chi connectivity index (χ1) is 10.7. The van der Waals surface area contributed by atoms with E-state index in [0.29, 0.717) is 0 Å². The van der Waals surface area contributed by atoms with Crippen LogP contribution in [0.25, 0.3) is 6.08 Å². The van der Waals surface area contributed by atoms with Crippen molar-refractivity contribution in [2.75, 3.05) is 19.5 Å². The van der Waals surface area contributed by atoms with Gasteiger partial charge in [-0.15, -0.1) is 12.4 Å². The summed E-state index contributed by atoms with van der Waals surface area (Å²) in [7, 11) is 3.02. The van der Waals surface area contributed by atoms with Crippen LogP contribution in [0.1, 0.15) is 11.1 Å². The minimum absolute atomic E-state index is 0. The Morgan fingerprint density at radius 1 is 1.04 bits per heavy atom. The Bertz CT molecular complexity index is 636. The van der Waals surface area contributed by atoms with Crippen LogP contribution in [0.3, 0.4) is 0 Å². The maximum absolute atomic E-state index is 11.0. The lowest BCUT2D eigenvalue weighted by atomic mass is 10.1. The van der Waals surface area contributed by atoms with Crippen LogP contribution in [0.15, 0.2) is 54.6 Å². The van der Waals surface area contributed by atoms with Gasteiger partial charge >= 0.3 is 5.97 Å². The number of halogens is 1. The molecule has 0 unspecified atom stereocenters. The quantitative estimate of drug-likeness (QED) is 0.643. The van der Waals surface area contributed by atoms with E-state index >= 15 is 0 Å². The first-order valence-electron chi connectivity index (χ1n) is 6.94. The number of methoxy groups -OCH3 is 2. The summed E-state index contributed by atoms with van der Waals surface area (Å²) in [6.45, 7) is 0.737. The predicted molar refractivity (Wildman–Crippen MR) is 95.1 cm³/mol. The van der Waals surface area contributed by atoms with E-state index in [1.807, 2.05) is 48.5 Å². The average Bonchev–Trinajstić information content (AvgIpc) is 2.59. The first kappa shape index (κ1) is 18.6. The third kappa shape index (κ3) is 6.04. The zero-order valence-electron chi connectivity index (χ0n) is 13.1. The van der Waals surface area contributed by atoms with Crippen molar-refractivity contribution in [1.82, 2.24) is 0 Å². The fraction of sp³-hybridized carbons (Fsp3) is 0.167. The van der Waals surface area contributed by atoms with Crippen LogP contribution >= 0.6 is 12.4 Å². The van der Waals surface area contributed by atoms with Gasteiger partial charge in [-0.2, -0.15) is 0 Å². The highest BCUT2D eigenvalue weighted by molar-refractivity contribution is 5.87. The van der Waals surface area contributed by atoms with Gasteiger partial charge in [-0.05, 0) is 41.5 Å². The Kier molecular flexibility index (Phi) is 7.71. The number of esters is 1. The maximum atomic E-state index is 11.0. The number of benzene rings is 2. The summed E-state index contributed by atoms with van der Waals surface area (Å²) in [5, 5.41) is 3.35. The van der Waals surface area contributed by atoms with E-state index in [-0.39, 0.29) is 18.4 Å². The molecule has 0 aromatic heterocycles. The minimum atomic E-state index is -0.360. The summed E-state index contributed by atoms with van der Waals surface area (Å²) in [6.07, 6.45) is 3.12. The van der Waals surface area contributed by atoms with Crippen LogP contribution in [-0.4, -0.2) is 20.2 Å². The van der Waals surface area contributed by atoms with Crippen molar-refractivity contribution in [3.63, 3.8) is 0 Å². The van der Waals surface area contributed by atoms with Crippen LogP contribution in [0.4, 0.5) is 5.69 Å². The second-order valence-corrected chi connectivity index (χ2v) is 4.68. The van der Waals surface area contributed by atoms with Crippen molar-refractivity contribution in [3.8, 4) is 5.75 Å². The summed E-state index contributed by atoms with van der Waals surface area (Å²) >= 11 is 0. The van der Waals surface area contributed by atoms with Crippen LogP contribution in [0, 0.1) is 0 Å². The van der Waals surface area contributed by atoms with E-state index in [1.165, 1.54) is 18.7 Å². The lowest BCUT2D eigenvalue weighted by Gasteiger charge is -2.07. The molecule has 5 heteroatoms. The molecular weight excluding hydrogens is 314 g/mol. The third-order valence-corrected chi connectivity index (χ3v) is 3.18. The highest BCUT2D eigenvalue weighted by atomic mass is 35.5. The normalized spacial score (nSPS) is 10.0. The number of nitrogens with one attached hydrogen (secondary N) is 1. The van der Waals surface area contributed by atoms with Gasteiger partial charge in [0.05, 0.1) is 14.2 Å². The molecule has 0 aliphatic heterocycles. The Labute approximate surface area is 142 Å². The Morgan fingerprint density at radius 3 is 2.26 bits per heavy atom. The molecule has 0 radical (unpaired) electrons. The summed E-state index contributed by atoms with van der Waals surface area (Å²) in [4.78, 5) is 11.0. The molecule has 0 saturated heterocycles. The van der Waals surface area contributed by atoms with Gasteiger partial charge in [-0.3, -0.25) is 0 Å². The van der Waals surface area contributed by atoms with Crippen molar-refractivity contribution >= 4 is 30.1 Å². The van der Waals surface area contributed by atoms with E-state index in [0.717, 1.165) is 23.5 Å². The van der Waals surface area contributed by atoms with Crippen molar-refractivity contribution in [3.05, 3.63) is 65.7 Å². The Morgan fingerprint density at radius 2 is 1.70 bits per heavy atom. The van der Waals surface area contributed by atoms with Crippen LogP contribution in [-0.2, 0) is 16.1 Å². The molecular formula is C18H20ClNO3. The lowest BCUT2D eigenvalue weighted by molar-refractivity contribution is -0.134. The van der Waals surface area contributed by atoms with Crippen molar-refractivity contribution < 1.29 is 14.3 Å². The molecule has 0 heterocycles. The van der Waals surface area contributed by atoms with Gasteiger partial charge in [0, 0.05) is 18.3 Å². The molecule has 0 aliphatic carbocycles. The summed E-state index contributed by atoms with van der Waals surface area (Å²) < 4.78 is 9.69. The lowest BCUT2D eigenvalue weighted by Crippen LogP contribution is -1.99. The zero-order valence-corrected chi connectivity index (χ0v) is 13.9. The second-order valence-electron chi connectivity index (χ2n) is 4.68. The summed E-state index contributed by atoms with van der Waals surface area (Å²) in [5.41, 5.74) is 3.14. The molecule has 0 spiro atoms. The fourth-order valence-corrected chi connectivity index (χ4v) is 1.89. The Balaban J connectivity index is 0.00000264. The number of anilines is 1. The topological polar surface area (TPSA) is 47.6 Å². The van der Waals surface area contributed by atoms with Gasteiger partial charge in [0.1, 0.15) is 5.75 Å². The predicted octanol–water partition coefficient (Wildman–Crippen LogP) is 3.92. The number of hydrogen-bond acceptors (Lipinski definition) is 4. The smallest absolute Gasteiger partial charge is 0.330 e. The number of carbonyl (C=O) groups excluding carboxylic acids is 1. The third-order valence-electron chi connectivity index (χ3n) is 3.18. The molecule has 2 aromatic rings. The number of carbonyl (C=O) groups is 1. The molecule has 0 saturated carbocycles. The molecule has 2 aromatic carbocycles. The summed E-state index contributed by atoms with van der Waals surface area (Å²) in [6, 6.07) is 15.8. The van der Waals surface area contributed by atoms with Gasteiger partial charge in [0.2, 0.25) is 0 Å². The standard InChI is InChI=1S/C18H19NO3.ClH/c1-21-17-10-5-15(6-11-17)13-19-16-8-3-14(4-9-16)7-12-18(20)22-2;/h3-12,19H,13H2,1-2H3;1H. The van der Waals surface area contributed by atoms with Gasteiger partial charge in [-0.25, -0.2) is 4.79 Å². The molecule has 0 bridgehead atoms. The maximum Gasteiger partial charge on any atom is 0.330 e. The van der Waals surface area contributed by atoms with E-state index in [2.05, 4.69) is 10.1 Å². The highest BCUT2D eigenvalue weighted by Crippen LogP contribution is 2.15. The van der Waals surface area contributed by atoms with Gasteiger partial charge in [0.25, 0.3) is 0 Å². The number of rotatable bonds is 6. The second kappa shape index (κ2) is 9.54. The van der Waals surface area contributed by atoms with Gasteiger partial charge in [-0.1, -0.05) is 24.3 Å².